The van der Waals surface area contributed by atoms with Crippen LogP contribution >= 0.6 is 0 Å². The number of nitrogens with zero attached hydrogens (tertiary/aromatic N) is 1. The van der Waals surface area contributed by atoms with Gasteiger partial charge in [-0.1, -0.05) is 12.1 Å². The van der Waals surface area contributed by atoms with Crippen molar-refractivity contribution >= 4 is 27.3 Å². The summed E-state index contributed by atoms with van der Waals surface area (Å²) in [6.07, 6.45) is 0. The van der Waals surface area contributed by atoms with Crippen LogP contribution in [-0.4, -0.2) is 44.8 Å². The first kappa shape index (κ1) is 21.3. The van der Waals surface area contributed by atoms with Crippen molar-refractivity contribution in [1.82, 2.24) is 4.31 Å². The minimum absolute atomic E-state index is 0. The van der Waals surface area contributed by atoms with Gasteiger partial charge in [0.05, 0.1) is 31.1 Å². The predicted octanol–water partition coefficient (Wildman–Crippen LogP) is -1.99. The van der Waals surface area contributed by atoms with Crippen LogP contribution in [0.2, 0.25) is 0 Å². The average Bonchev–Trinajstić information content (AvgIpc) is 2.62. The molecule has 0 radical (unpaired) electrons. The van der Waals surface area contributed by atoms with Gasteiger partial charge in [0.2, 0.25) is 15.9 Å². The van der Waals surface area contributed by atoms with Gasteiger partial charge in [0.15, 0.2) is 11.5 Å². The lowest BCUT2D eigenvalue weighted by Gasteiger charge is -2.31. The van der Waals surface area contributed by atoms with Crippen LogP contribution in [0.5, 0.6) is 0 Å². The molecule has 0 aliphatic carbocycles. The maximum Gasteiger partial charge on any atom is 0.243 e. The zero-order valence-electron chi connectivity index (χ0n) is 14.8. The first-order valence-electron chi connectivity index (χ1n) is 8.35. The second kappa shape index (κ2) is 8.79. The molecule has 1 saturated heterocycles. The summed E-state index contributed by atoms with van der Waals surface area (Å²) in [6, 6.07) is 12.7. The van der Waals surface area contributed by atoms with Gasteiger partial charge >= 0.3 is 0 Å². The average molecular weight is 414 g/mol. The molecule has 1 aliphatic rings. The molecule has 2 N–H and O–H groups in total. The summed E-state index contributed by atoms with van der Waals surface area (Å²) < 4.78 is 40.9. The number of nitrogens with one attached hydrogen (secondary N) is 2. The smallest absolute Gasteiger partial charge is 0.243 e. The van der Waals surface area contributed by atoms with Crippen molar-refractivity contribution in [3.05, 3.63) is 54.3 Å². The minimum atomic E-state index is -3.61. The third kappa shape index (κ3) is 4.84. The summed E-state index contributed by atoms with van der Waals surface area (Å²) in [6.45, 7) is 3.04. The van der Waals surface area contributed by atoms with Gasteiger partial charge < -0.3 is 17.7 Å². The highest BCUT2D eigenvalue weighted by molar-refractivity contribution is 7.89. The zero-order valence-corrected chi connectivity index (χ0v) is 16.4. The van der Waals surface area contributed by atoms with Crippen LogP contribution in [0.4, 0.5) is 15.8 Å². The molecule has 0 spiro atoms. The van der Waals surface area contributed by atoms with Crippen molar-refractivity contribution in [2.45, 2.75) is 11.8 Å². The Morgan fingerprint density at radius 1 is 1.07 bits per heavy atom. The van der Waals surface area contributed by atoms with E-state index in [4.69, 9.17) is 0 Å². The van der Waals surface area contributed by atoms with Gasteiger partial charge in [-0.15, -0.1) is 0 Å². The third-order valence-corrected chi connectivity index (χ3v) is 6.31. The fourth-order valence-corrected chi connectivity index (χ4v) is 4.52. The summed E-state index contributed by atoms with van der Waals surface area (Å²) in [5.74, 6) is -0.486. The van der Waals surface area contributed by atoms with E-state index in [9.17, 15) is 17.6 Å². The number of anilines is 1. The number of para-hydroxylation sites is 1. The SMILES string of the molecule is CC(=O)Nc1ccc(S(=O)(=O)N2CC[NH+](c3ccccc3F)CC2)cc1.[Cl-]. The van der Waals surface area contributed by atoms with Gasteiger partial charge in [0.1, 0.15) is 0 Å². The standard InChI is InChI=1S/C18H20FN3O3S.ClH/c1-14(23)20-15-6-8-16(9-7-15)26(24,25)22-12-10-21(11-13-22)18-5-3-2-4-17(18)19;/h2-9H,10-13H2,1H3,(H,20,23);1H. The predicted molar refractivity (Wildman–Crippen MR) is 96.3 cm³/mol. The molecule has 0 bridgehead atoms. The fraction of sp³-hybridized carbons (Fsp3) is 0.278. The first-order valence-corrected chi connectivity index (χ1v) is 9.79. The minimum Gasteiger partial charge on any atom is -1.00 e. The first-order chi connectivity index (χ1) is 12.4. The van der Waals surface area contributed by atoms with Gasteiger partial charge in [0, 0.05) is 18.7 Å². The van der Waals surface area contributed by atoms with Crippen LogP contribution in [0.25, 0.3) is 0 Å². The van der Waals surface area contributed by atoms with Crippen LogP contribution in [0.15, 0.2) is 53.4 Å². The maximum absolute atomic E-state index is 13.9. The number of benzene rings is 2. The van der Waals surface area contributed by atoms with E-state index in [1.807, 2.05) is 0 Å². The molecule has 6 nitrogen and oxygen atoms in total. The number of hydrogen-bond acceptors (Lipinski definition) is 3. The Labute approximate surface area is 164 Å². The van der Waals surface area contributed by atoms with Crippen LogP contribution in [0.1, 0.15) is 6.92 Å². The largest absolute Gasteiger partial charge is 1.00 e. The molecule has 2 aromatic carbocycles. The van der Waals surface area contributed by atoms with E-state index in [0.717, 1.165) is 4.90 Å². The van der Waals surface area contributed by atoms with Crippen molar-refractivity contribution in [3.63, 3.8) is 0 Å². The molecule has 1 amide bonds. The number of sulfonamides is 1. The van der Waals surface area contributed by atoms with E-state index in [-0.39, 0.29) is 29.0 Å². The quantitative estimate of drug-likeness (QED) is 0.609. The number of hydrogen-bond donors (Lipinski definition) is 2. The monoisotopic (exact) mass is 413 g/mol. The molecule has 0 aromatic heterocycles. The van der Waals surface area contributed by atoms with Crippen molar-refractivity contribution < 1.29 is 34.9 Å². The van der Waals surface area contributed by atoms with E-state index in [2.05, 4.69) is 5.32 Å². The molecule has 0 atom stereocenters. The fourth-order valence-electron chi connectivity index (χ4n) is 3.08. The molecule has 3 rings (SSSR count). The van der Waals surface area contributed by atoms with E-state index >= 15 is 0 Å². The van der Waals surface area contributed by atoms with Crippen LogP contribution in [-0.2, 0) is 14.8 Å². The Morgan fingerprint density at radius 3 is 2.22 bits per heavy atom. The second-order valence-electron chi connectivity index (χ2n) is 6.19. The highest BCUT2D eigenvalue weighted by atomic mass is 35.5. The topological polar surface area (TPSA) is 70.9 Å². The molecule has 0 unspecified atom stereocenters. The zero-order chi connectivity index (χ0) is 18.7. The molecule has 2 aromatic rings. The third-order valence-electron chi connectivity index (χ3n) is 4.39. The lowest BCUT2D eigenvalue weighted by Crippen LogP contribution is -3.10. The van der Waals surface area contributed by atoms with Gasteiger partial charge in [-0.2, -0.15) is 4.31 Å². The highest BCUT2D eigenvalue weighted by Gasteiger charge is 2.31. The van der Waals surface area contributed by atoms with Crippen molar-refractivity contribution in [1.29, 1.82) is 0 Å². The number of halogens is 2. The van der Waals surface area contributed by atoms with Crippen molar-refractivity contribution in [2.75, 3.05) is 31.5 Å². The van der Waals surface area contributed by atoms with Gasteiger partial charge in [-0.3, -0.25) is 9.69 Å². The lowest BCUT2D eigenvalue weighted by molar-refractivity contribution is -0.838. The number of amides is 1. The lowest BCUT2D eigenvalue weighted by atomic mass is 10.2. The van der Waals surface area contributed by atoms with E-state index in [1.165, 1.54) is 29.4 Å². The number of carbonyl (C=O) groups is 1. The second-order valence-corrected chi connectivity index (χ2v) is 8.13. The summed E-state index contributed by atoms with van der Waals surface area (Å²) in [4.78, 5) is 12.2. The Bertz CT molecular complexity index is 898. The van der Waals surface area contributed by atoms with Crippen molar-refractivity contribution in [3.8, 4) is 0 Å². The highest BCUT2D eigenvalue weighted by Crippen LogP contribution is 2.19. The number of piperazine rings is 1. The molecule has 27 heavy (non-hydrogen) atoms. The van der Waals surface area contributed by atoms with Crippen molar-refractivity contribution in [2.24, 2.45) is 0 Å². The molecule has 1 heterocycles. The Hall–Kier alpha value is -2.00. The molecule has 146 valence electrons. The Morgan fingerprint density at radius 2 is 1.67 bits per heavy atom. The summed E-state index contributed by atoms with van der Waals surface area (Å²) in [7, 11) is -3.61. The Balaban J connectivity index is 0.00000261. The molecule has 0 saturated carbocycles. The van der Waals surface area contributed by atoms with E-state index in [0.29, 0.717) is 37.6 Å². The number of carbonyl (C=O) groups excluding carboxylic acids is 1. The summed E-state index contributed by atoms with van der Waals surface area (Å²) in [5.41, 5.74) is 1.12. The summed E-state index contributed by atoms with van der Waals surface area (Å²) >= 11 is 0. The number of quaternary nitrogens is 1. The van der Waals surface area contributed by atoms with E-state index in [1.54, 1.807) is 30.3 Å². The molecule has 9 heteroatoms. The number of rotatable bonds is 4. The normalized spacial score (nSPS) is 15.8. The Kier molecular flexibility index (Phi) is 6.94. The molecule has 1 aliphatic heterocycles. The molecular formula is C18H21ClFN3O3S. The van der Waals surface area contributed by atoms with Gasteiger partial charge in [-0.25, -0.2) is 12.8 Å². The summed E-state index contributed by atoms with van der Waals surface area (Å²) in [5, 5.41) is 2.61. The van der Waals surface area contributed by atoms with Crippen LogP contribution in [0, 0.1) is 5.82 Å². The van der Waals surface area contributed by atoms with Crippen LogP contribution < -0.4 is 22.6 Å². The van der Waals surface area contributed by atoms with Gasteiger partial charge in [0.25, 0.3) is 0 Å². The molecular weight excluding hydrogens is 393 g/mol. The molecule has 1 fully saturated rings. The van der Waals surface area contributed by atoms with Gasteiger partial charge in [-0.05, 0) is 30.3 Å². The maximum atomic E-state index is 13.9. The van der Waals surface area contributed by atoms with Crippen LogP contribution in [0.3, 0.4) is 0 Å². The van der Waals surface area contributed by atoms with E-state index < -0.39 is 10.0 Å².